The van der Waals surface area contributed by atoms with E-state index in [1.54, 1.807) is 0 Å². The van der Waals surface area contributed by atoms with E-state index in [1.807, 2.05) is 7.05 Å². The van der Waals surface area contributed by atoms with Gasteiger partial charge in [0.2, 0.25) is 0 Å². The molecule has 3 nitrogen and oxygen atoms in total. The van der Waals surface area contributed by atoms with Crippen LogP contribution in [0.1, 0.15) is 67.6 Å². The molecule has 17 heavy (non-hydrogen) atoms. The fourth-order valence-electron chi connectivity index (χ4n) is 3.24. The van der Waals surface area contributed by atoms with Gasteiger partial charge in [0, 0.05) is 29.4 Å². The van der Waals surface area contributed by atoms with Gasteiger partial charge in [-0.05, 0) is 39.2 Å². The van der Waals surface area contributed by atoms with E-state index in [2.05, 4.69) is 16.5 Å². The number of hydrogen-bond acceptors (Lipinski definition) is 3. The number of fused-ring (bicyclic) bond motifs is 1. The second kappa shape index (κ2) is 4.73. The third kappa shape index (κ3) is 2.08. The minimum Gasteiger partial charge on any atom is -0.313 e. The third-order valence-electron chi connectivity index (χ3n) is 4.27. The molecule has 0 amide bonds. The van der Waals surface area contributed by atoms with Crippen LogP contribution in [0.25, 0.3) is 0 Å². The first-order valence-electron chi connectivity index (χ1n) is 6.91. The molecule has 0 aliphatic heterocycles. The van der Waals surface area contributed by atoms with Crippen LogP contribution in [0.15, 0.2) is 6.20 Å². The summed E-state index contributed by atoms with van der Waals surface area (Å²) in [5, 5.41) is 3.37. The van der Waals surface area contributed by atoms with E-state index in [-0.39, 0.29) is 0 Å². The molecule has 0 bridgehead atoms. The topological polar surface area (TPSA) is 37.8 Å². The highest BCUT2D eigenvalue weighted by Crippen LogP contribution is 2.34. The van der Waals surface area contributed by atoms with Crippen LogP contribution >= 0.6 is 0 Å². The number of aryl methyl sites for hydroxylation is 1. The van der Waals surface area contributed by atoms with Gasteiger partial charge < -0.3 is 5.32 Å². The van der Waals surface area contributed by atoms with Crippen molar-refractivity contribution in [3.05, 3.63) is 23.3 Å². The lowest BCUT2D eigenvalue weighted by molar-refractivity contribution is 0.482. The molecule has 0 aromatic carbocycles. The van der Waals surface area contributed by atoms with Crippen molar-refractivity contribution in [1.82, 2.24) is 15.3 Å². The summed E-state index contributed by atoms with van der Waals surface area (Å²) in [6.07, 6.45) is 11.0. The predicted octanol–water partition coefficient (Wildman–Crippen LogP) is 2.73. The van der Waals surface area contributed by atoms with E-state index in [0.29, 0.717) is 12.0 Å². The van der Waals surface area contributed by atoms with E-state index in [4.69, 9.17) is 4.98 Å². The summed E-state index contributed by atoms with van der Waals surface area (Å²) >= 11 is 0. The van der Waals surface area contributed by atoms with Crippen LogP contribution in [-0.2, 0) is 6.42 Å². The van der Waals surface area contributed by atoms with Crippen molar-refractivity contribution in [2.24, 2.45) is 0 Å². The highest BCUT2D eigenvalue weighted by atomic mass is 14.9. The highest BCUT2D eigenvalue weighted by molar-refractivity contribution is 5.25. The van der Waals surface area contributed by atoms with Crippen molar-refractivity contribution in [3.63, 3.8) is 0 Å². The summed E-state index contributed by atoms with van der Waals surface area (Å²) in [6.45, 7) is 0. The predicted molar refractivity (Wildman–Crippen MR) is 68.0 cm³/mol. The summed E-state index contributed by atoms with van der Waals surface area (Å²) in [5.41, 5.74) is 2.63. The van der Waals surface area contributed by atoms with E-state index < -0.39 is 0 Å². The zero-order valence-corrected chi connectivity index (χ0v) is 10.6. The van der Waals surface area contributed by atoms with Crippen molar-refractivity contribution in [2.75, 3.05) is 7.05 Å². The van der Waals surface area contributed by atoms with Crippen molar-refractivity contribution in [2.45, 2.75) is 56.9 Å². The minimum absolute atomic E-state index is 0.469. The molecule has 1 atom stereocenters. The smallest absolute Gasteiger partial charge is 0.131 e. The molecule has 3 heteroatoms. The van der Waals surface area contributed by atoms with Crippen LogP contribution in [0.3, 0.4) is 0 Å². The maximum absolute atomic E-state index is 4.84. The first kappa shape index (κ1) is 11.1. The first-order valence-corrected chi connectivity index (χ1v) is 6.91. The molecular weight excluding hydrogens is 210 g/mol. The van der Waals surface area contributed by atoms with Crippen molar-refractivity contribution < 1.29 is 0 Å². The van der Waals surface area contributed by atoms with Gasteiger partial charge in [-0.25, -0.2) is 9.97 Å². The second-order valence-electron chi connectivity index (χ2n) is 5.35. The molecule has 1 N–H and O–H groups in total. The van der Waals surface area contributed by atoms with E-state index >= 15 is 0 Å². The monoisotopic (exact) mass is 231 g/mol. The van der Waals surface area contributed by atoms with Crippen LogP contribution < -0.4 is 5.32 Å². The van der Waals surface area contributed by atoms with Gasteiger partial charge in [0.25, 0.3) is 0 Å². The van der Waals surface area contributed by atoms with Gasteiger partial charge in [-0.1, -0.05) is 12.8 Å². The fourth-order valence-corrected chi connectivity index (χ4v) is 3.24. The van der Waals surface area contributed by atoms with Gasteiger partial charge >= 0.3 is 0 Å². The summed E-state index contributed by atoms with van der Waals surface area (Å²) in [7, 11) is 2.03. The molecule has 2 aliphatic carbocycles. The highest BCUT2D eigenvalue weighted by Gasteiger charge is 2.24. The Labute approximate surface area is 103 Å². The molecule has 0 spiro atoms. The van der Waals surface area contributed by atoms with Gasteiger partial charge in [-0.15, -0.1) is 0 Å². The Morgan fingerprint density at radius 3 is 2.76 bits per heavy atom. The Morgan fingerprint density at radius 1 is 1.18 bits per heavy atom. The van der Waals surface area contributed by atoms with Gasteiger partial charge in [0.05, 0.1) is 0 Å². The number of rotatable bonds is 2. The van der Waals surface area contributed by atoms with Gasteiger partial charge in [-0.2, -0.15) is 0 Å². The molecule has 0 radical (unpaired) electrons. The van der Waals surface area contributed by atoms with Crippen LogP contribution in [0.5, 0.6) is 0 Å². The van der Waals surface area contributed by atoms with E-state index in [9.17, 15) is 0 Å². The van der Waals surface area contributed by atoms with Crippen LogP contribution in [0, 0.1) is 0 Å². The second-order valence-corrected chi connectivity index (χ2v) is 5.35. The maximum atomic E-state index is 4.84. The molecular formula is C14H21N3. The lowest BCUT2D eigenvalue weighted by atomic mass is 9.92. The first-order chi connectivity index (χ1) is 8.38. The standard InChI is InChI=1S/C14H21N3/c1-15-12-7-4-8-13-11(12)9-16-14(17-13)10-5-2-3-6-10/h9-10,12,15H,2-8H2,1H3. The molecule has 1 aromatic heterocycles. The molecule has 1 heterocycles. The Balaban J connectivity index is 1.90. The van der Waals surface area contributed by atoms with Crippen molar-refractivity contribution >= 4 is 0 Å². The SMILES string of the molecule is CNC1CCCc2nc(C3CCCC3)ncc21. The van der Waals surface area contributed by atoms with E-state index in [1.165, 1.54) is 49.8 Å². The zero-order chi connectivity index (χ0) is 11.7. The molecule has 2 aliphatic rings. The van der Waals surface area contributed by atoms with Crippen LogP contribution in [0.2, 0.25) is 0 Å². The Kier molecular flexibility index (Phi) is 3.10. The molecule has 3 rings (SSSR count). The quantitative estimate of drug-likeness (QED) is 0.850. The summed E-state index contributed by atoms with van der Waals surface area (Å²) in [6, 6.07) is 0.469. The van der Waals surface area contributed by atoms with Crippen LogP contribution in [-0.4, -0.2) is 17.0 Å². The summed E-state index contributed by atoms with van der Waals surface area (Å²) < 4.78 is 0. The largest absolute Gasteiger partial charge is 0.313 e. The Hall–Kier alpha value is -0.960. The number of nitrogens with one attached hydrogen (secondary N) is 1. The Morgan fingerprint density at radius 2 is 2.00 bits per heavy atom. The molecule has 92 valence electrons. The molecule has 1 fully saturated rings. The number of hydrogen-bond donors (Lipinski definition) is 1. The lowest BCUT2D eigenvalue weighted by Crippen LogP contribution is -2.23. The van der Waals surface area contributed by atoms with Gasteiger partial charge in [0.15, 0.2) is 0 Å². The molecule has 1 unspecified atom stereocenters. The van der Waals surface area contributed by atoms with E-state index in [0.717, 1.165) is 12.2 Å². The Bertz CT molecular complexity index is 396. The zero-order valence-electron chi connectivity index (χ0n) is 10.6. The van der Waals surface area contributed by atoms with Gasteiger partial charge in [0.1, 0.15) is 5.82 Å². The normalized spacial score (nSPS) is 24.9. The fraction of sp³-hybridized carbons (Fsp3) is 0.714. The summed E-state index contributed by atoms with van der Waals surface area (Å²) in [4.78, 5) is 9.46. The number of nitrogens with zero attached hydrogens (tertiary/aromatic N) is 2. The maximum Gasteiger partial charge on any atom is 0.131 e. The minimum atomic E-state index is 0.469. The van der Waals surface area contributed by atoms with Crippen molar-refractivity contribution in [3.8, 4) is 0 Å². The summed E-state index contributed by atoms with van der Waals surface area (Å²) in [5.74, 6) is 1.74. The third-order valence-corrected chi connectivity index (χ3v) is 4.27. The molecule has 0 saturated heterocycles. The molecule has 1 aromatic rings. The average molecular weight is 231 g/mol. The van der Waals surface area contributed by atoms with Crippen LogP contribution in [0.4, 0.5) is 0 Å². The lowest BCUT2D eigenvalue weighted by Gasteiger charge is -2.24. The average Bonchev–Trinajstić information content (AvgIpc) is 2.91. The number of aromatic nitrogens is 2. The molecule has 1 saturated carbocycles. The van der Waals surface area contributed by atoms with Gasteiger partial charge in [-0.3, -0.25) is 0 Å². The van der Waals surface area contributed by atoms with Crippen molar-refractivity contribution in [1.29, 1.82) is 0 Å².